The molecule has 0 saturated heterocycles. The Balaban J connectivity index is 2.01. The summed E-state index contributed by atoms with van der Waals surface area (Å²) < 4.78 is 32.2. The smallest absolute Gasteiger partial charge is 0.257 e. The van der Waals surface area contributed by atoms with Gasteiger partial charge >= 0.3 is 0 Å². The molecular weight excluding hydrogens is 434 g/mol. The van der Waals surface area contributed by atoms with Crippen molar-refractivity contribution in [2.45, 2.75) is 45.1 Å². The highest BCUT2D eigenvalue weighted by Gasteiger charge is 2.21. The zero-order valence-corrected chi connectivity index (χ0v) is 19.8. The Kier molecular flexibility index (Phi) is 8.97. The van der Waals surface area contributed by atoms with E-state index in [1.165, 1.54) is 16.4 Å². The predicted molar refractivity (Wildman–Crippen MR) is 127 cm³/mol. The number of sulfonamides is 1. The number of hydrogen-bond acceptors (Lipinski definition) is 5. The van der Waals surface area contributed by atoms with E-state index in [1.807, 2.05) is 13.8 Å². The summed E-state index contributed by atoms with van der Waals surface area (Å²) in [6.45, 7) is 8.38. The molecule has 31 heavy (non-hydrogen) atoms. The maximum atomic E-state index is 12.6. The highest BCUT2D eigenvalue weighted by atomic mass is 32.2. The summed E-state index contributed by atoms with van der Waals surface area (Å²) in [5.74, 6) is 0.249. The highest BCUT2D eigenvalue weighted by Crippen LogP contribution is 2.19. The maximum Gasteiger partial charge on any atom is 0.257 e. The van der Waals surface area contributed by atoms with Crippen molar-refractivity contribution in [3.05, 3.63) is 54.1 Å². The van der Waals surface area contributed by atoms with Gasteiger partial charge in [-0.05, 0) is 68.0 Å². The Hall–Kier alpha value is -2.49. The lowest BCUT2D eigenvalue weighted by molar-refractivity contribution is 0.0977. The molecule has 0 aromatic heterocycles. The minimum atomic E-state index is -3.53. The number of rotatable bonds is 9. The molecule has 0 heterocycles. The molecule has 1 amide bonds. The molecule has 1 atom stereocenters. The normalized spacial score (nSPS) is 12.3. The van der Waals surface area contributed by atoms with E-state index in [1.54, 1.807) is 50.2 Å². The third-order valence-electron chi connectivity index (χ3n) is 4.69. The first kappa shape index (κ1) is 24.8. The summed E-state index contributed by atoms with van der Waals surface area (Å²) in [6, 6.07) is 13.1. The van der Waals surface area contributed by atoms with Gasteiger partial charge in [0.2, 0.25) is 10.0 Å². The fraction of sp³-hybridized carbons (Fsp3) is 0.364. The monoisotopic (exact) mass is 463 g/mol. The Labute approximate surface area is 189 Å². The molecule has 0 aliphatic heterocycles. The molecule has 7 nitrogen and oxygen atoms in total. The lowest BCUT2D eigenvalue weighted by Crippen LogP contribution is -2.34. The van der Waals surface area contributed by atoms with Crippen molar-refractivity contribution in [2.75, 3.05) is 18.4 Å². The second kappa shape index (κ2) is 11.2. The molecule has 2 aromatic rings. The number of ether oxygens (including phenoxy) is 1. The number of hydrogen-bond donors (Lipinski definition) is 2. The van der Waals surface area contributed by atoms with Gasteiger partial charge < -0.3 is 10.1 Å². The van der Waals surface area contributed by atoms with Crippen LogP contribution in [-0.4, -0.2) is 42.9 Å². The van der Waals surface area contributed by atoms with Crippen LogP contribution >= 0.6 is 12.2 Å². The molecular formula is C22H29N3O4S2. The van der Waals surface area contributed by atoms with Gasteiger partial charge in [-0.3, -0.25) is 10.1 Å². The van der Waals surface area contributed by atoms with E-state index < -0.39 is 10.0 Å². The molecule has 2 aromatic carbocycles. The van der Waals surface area contributed by atoms with E-state index >= 15 is 0 Å². The van der Waals surface area contributed by atoms with Crippen molar-refractivity contribution < 1.29 is 17.9 Å². The van der Waals surface area contributed by atoms with Gasteiger partial charge in [-0.2, -0.15) is 4.31 Å². The fourth-order valence-corrected chi connectivity index (χ4v) is 4.46. The Morgan fingerprint density at radius 3 is 2.32 bits per heavy atom. The van der Waals surface area contributed by atoms with E-state index in [4.69, 9.17) is 17.0 Å². The van der Waals surface area contributed by atoms with E-state index in [9.17, 15) is 13.2 Å². The number of benzene rings is 2. The SMILES string of the molecule is CCC(C)Oc1cccc(C(=O)NC(=S)Nc2ccc(S(=O)(=O)N(CC)CC)cc2)c1. The van der Waals surface area contributed by atoms with E-state index in [0.29, 0.717) is 30.1 Å². The Morgan fingerprint density at radius 1 is 1.10 bits per heavy atom. The Bertz CT molecular complexity index is 1000. The molecule has 0 radical (unpaired) electrons. The van der Waals surface area contributed by atoms with Gasteiger partial charge in [0, 0.05) is 24.3 Å². The van der Waals surface area contributed by atoms with Crippen LogP contribution in [0.15, 0.2) is 53.4 Å². The quantitative estimate of drug-likeness (QED) is 0.546. The first-order valence-electron chi connectivity index (χ1n) is 10.2. The van der Waals surface area contributed by atoms with Crippen molar-refractivity contribution in [2.24, 2.45) is 0 Å². The third kappa shape index (κ3) is 6.75. The summed E-state index contributed by atoms with van der Waals surface area (Å²) in [7, 11) is -3.53. The van der Waals surface area contributed by atoms with Crippen LogP contribution in [0.2, 0.25) is 0 Å². The lowest BCUT2D eigenvalue weighted by atomic mass is 10.2. The molecule has 168 valence electrons. The predicted octanol–water partition coefficient (Wildman–Crippen LogP) is 4.02. The van der Waals surface area contributed by atoms with Gasteiger partial charge in [0.15, 0.2) is 5.11 Å². The number of nitrogens with zero attached hydrogens (tertiary/aromatic N) is 1. The van der Waals surface area contributed by atoms with Gasteiger partial charge in [0.05, 0.1) is 11.0 Å². The minimum Gasteiger partial charge on any atom is -0.491 e. The van der Waals surface area contributed by atoms with Gasteiger partial charge in [-0.1, -0.05) is 26.8 Å². The molecule has 2 rings (SSSR count). The zero-order chi connectivity index (χ0) is 23.0. The van der Waals surface area contributed by atoms with Crippen LogP contribution in [0.1, 0.15) is 44.5 Å². The van der Waals surface area contributed by atoms with Gasteiger partial charge in [-0.25, -0.2) is 8.42 Å². The largest absolute Gasteiger partial charge is 0.491 e. The number of nitrogens with one attached hydrogen (secondary N) is 2. The number of carbonyl (C=O) groups excluding carboxylic acids is 1. The number of carbonyl (C=O) groups is 1. The molecule has 9 heteroatoms. The van der Waals surface area contributed by atoms with E-state index in [2.05, 4.69) is 10.6 Å². The standard InChI is InChI=1S/C22H29N3O4S2/c1-5-16(4)29-19-10-8-9-17(15-19)21(26)24-22(30)23-18-11-13-20(14-12-18)31(27,28)25(6-2)7-3/h8-16H,5-7H2,1-4H3,(H2,23,24,26,30). The van der Waals surface area contributed by atoms with Crippen LogP contribution in [0, 0.1) is 0 Å². The first-order valence-corrected chi connectivity index (χ1v) is 12.0. The van der Waals surface area contributed by atoms with Crippen LogP contribution < -0.4 is 15.4 Å². The molecule has 0 saturated carbocycles. The third-order valence-corrected chi connectivity index (χ3v) is 6.96. The molecule has 0 aliphatic carbocycles. The number of thiocarbonyl (C=S) groups is 1. The van der Waals surface area contributed by atoms with E-state index in [0.717, 1.165) is 6.42 Å². The maximum absolute atomic E-state index is 12.6. The molecule has 0 spiro atoms. The van der Waals surface area contributed by atoms with Crippen molar-refractivity contribution in [3.63, 3.8) is 0 Å². The first-order chi connectivity index (χ1) is 14.7. The second-order valence-electron chi connectivity index (χ2n) is 6.89. The summed E-state index contributed by atoms with van der Waals surface area (Å²) >= 11 is 5.22. The topological polar surface area (TPSA) is 87.7 Å². The van der Waals surface area contributed by atoms with Crippen LogP contribution in [0.4, 0.5) is 5.69 Å². The van der Waals surface area contributed by atoms with Crippen molar-refractivity contribution in [3.8, 4) is 5.75 Å². The molecule has 0 fully saturated rings. The van der Waals surface area contributed by atoms with Gasteiger partial charge in [-0.15, -0.1) is 0 Å². The average molecular weight is 464 g/mol. The summed E-state index contributed by atoms with van der Waals surface area (Å²) in [5.41, 5.74) is 0.989. The van der Waals surface area contributed by atoms with Gasteiger partial charge in [0.1, 0.15) is 5.75 Å². The van der Waals surface area contributed by atoms with E-state index in [-0.39, 0.29) is 22.0 Å². The van der Waals surface area contributed by atoms with Crippen molar-refractivity contribution >= 4 is 38.9 Å². The zero-order valence-electron chi connectivity index (χ0n) is 18.2. The minimum absolute atomic E-state index is 0.0505. The fourth-order valence-electron chi connectivity index (χ4n) is 2.79. The summed E-state index contributed by atoms with van der Waals surface area (Å²) in [5, 5.41) is 5.62. The van der Waals surface area contributed by atoms with Crippen molar-refractivity contribution in [1.29, 1.82) is 0 Å². The average Bonchev–Trinajstić information content (AvgIpc) is 2.74. The molecule has 1 unspecified atom stereocenters. The van der Waals surface area contributed by atoms with Crippen LogP contribution in [-0.2, 0) is 10.0 Å². The molecule has 0 bridgehead atoms. The number of amides is 1. The summed E-state index contributed by atoms with van der Waals surface area (Å²) in [4.78, 5) is 12.7. The van der Waals surface area contributed by atoms with Gasteiger partial charge in [0.25, 0.3) is 5.91 Å². The molecule has 0 aliphatic rings. The summed E-state index contributed by atoms with van der Waals surface area (Å²) in [6.07, 6.45) is 0.911. The van der Waals surface area contributed by atoms with Crippen LogP contribution in [0.25, 0.3) is 0 Å². The van der Waals surface area contributed by atoms with Crippen LogP contribution in [0.5, 0.6) is 5.75 Å². The van der Waals surface area contributed by atoms with Crippen LogP contribution in [0.3, 0.4) is 0 Å². The number of anilines is 1. The highest BCUT2D eigenvalue weighted by molar-refractivity contribution is 7.89. The van der Waals surface area contributed by atoms with Crippen molar-refractivity contribution in [1.82, 2.24) is 9.62 Å². The molecule has 2 N–H and O–H groups in total. The lowest BCUT2D eigenvalue weighted by Gasteiger charge is -2.18. The second-order valence-corrected chi connectivity index (χ2v) is 9.23. The Morgan fingerprint density at radius 2 is 1.74 bits per heavy atom.